The molecule has 15 rings (SSSR count). The second kappa shape index (κ2) is 44.7. The predicted octanol–water partition coefficient (Wildman–Crippen LogP) is 24.0. The number of fused-ring (bicyclic) bond motifs is 5. The van der Waals surface area contributed by atoms with Crippen LogP contribution in [-0.4, -0.2) is 103 Å². The first-order valence-corrected chi connectivity index (χ1v) is 45.4. The molecule has 0 radical (unpaired) electrons. The quantitative estimate of drug-likeness (QED) is 0.0897. The van der Waals surface area contributed by atoms with Crippen molar-refractivity contribution in [1.82, 2.24) is 30.7 Å². The molecular weight excluding hydrogens is 1810 g/mol. The van der Waals surface area contributed by atoms with Crippen molar-refractivity contribution in [3.05, 3.63) is 352 Å². The monoisotopic (exact) mass is 1920 g/mol. The molecule has 23 heteroatoms. The van der Waals surface area contributed by atoms with Gasteiger partial charge in [0.2, 0.25) is 0 Å². The zero-order valence-corrected chi connectivity index (χ0v) is 81.7. The molecule has 5 aliphatic rings. The van der Waals surface area contributed by atoms with Gasteiger partial charge < -0.3 is 34.9 Å². The van der Waals surface area contributed by atoms with Gasteiger partial charge in [-0.25, -0.2) is 33.9 Å². The van der Waals surface area contributed by atoms with Crippen molar-refractivity contribution in [2.24, 2.45) is 0 Å². The molecular formula is C105H118Br3N7O13. The second-order valence-corrected chi connectivity index (χ2v) is 38.5. The number of alkyl carbamates (subject to hydrolysis) is 1. The van der Waals surface area contributed by atoms with Gasteiger partial charge in [0.05, 0.1) is 29.2 Å². The summed E-state index contributed by atoms with van der Waals surface area (Å²) in [6.07, 6.45) is -0.214. The van der Waals surface area contributed by atoms with E-state index in [0.717, 1.165) is 98.8 Å². The maximum Gasteiger partial charge on any atom is 0.418 e. The third-order valence-corrected chi connectivity index (χ3v) is 22.0. The molecule has 0 aliphatic carbocycles. The Morgan fingerprint density at radius 3 is 1.41 bits per heavy atom. The molecule has 10 aromatic rings. The minimum atomic E-state index is -0.790. The van der Waals surface area contributed by atoms with Crippen molar-refractivity contribution in [1.29, 1.82) is 5.26 Å². The van der Waals surface area contributed by atoms with Crippen molar-refractivity contribution < 1.29 is 62.1 Å². The van der Waals surface area contributed by atoms with E-state index in [9.17, 15) is 43.2 Å². The van der Waals surface area contributed by atoms with E-state index in [1.54, 1.807) is 80.5 Å². The van der Waals surface area contributed by atoms with Crippen LogP contribution in [0.5, 0.6) is 0 Å². The second-order valence-electron chi connectivity index (χ2n) is 36.3. The number of nitriles is 1. The van der Waals surface area contributed by atoms with Gasteiger partial charge in [0.1, 0.15) is 28.5 Å². The predicted molar refractivity (Wildman–Crippen MR) is 514 cm³/mol. The summed E-state index contributed by atoms with van der Waals surface area (Å²) in [7, 11) is 0. The number of carbonyl (C=O) groups is 9. The summed E-state index contributed by atoms with van der Waals surface area (Å²) in [6.45, 7) is 39.3. The Morgan fingerprint density at radius 1 is 0.461 bits per heavy atom. The maximum absolute atomic E-state index is 13.1. The number of ether oxygens (including phenoxy) is 4. The van der Waals surface area contributed by atoms with Crippen molar-refractivity contribution in [3.63, 3.8) is 0 Å². The molecule has 0 saturated heterocycles. The molecule has 20 nitrogen and oxygen atoms in total. The molecule has 9 amide bonds. The minimum absolute atomic E-state index is 0.0356. The van der Waals surface area contributed by atoms with Gasteiger partial charge in [-0.3, -0.25) is 24.0 Å². The lowest BCUT2D eigenvalue weighted by Crippen LogP contribution is -2.49. The highest BCUT2D eigenvalue weighted by Gasteiger charge is 2.51. The lowest BCUT2D eigenvalue weighted by Gasteiger charge is -2.35. The fourth-order valence-electron chi connectivity index (χ4n) is 14.5. The number of carbonyl (C=O) groups excluding carboxylic acids is 9. The van der Waals surface area contributed by atoms with E-state index < -0.39 is 46.2 Å². The number of aryl methyl sites for hydroxylation is 6. The highest BCUT2D eigenvalue weighted by atomic mass is 79.9. The number of rotatable bonds is 9. The molecule has 672 valence electrons. The van der Waals surface area contributed by atoms with Crippen LogP contribution in [0.2, 0.25) is 0 Å². The molecule has 128 heavy (non-hydrogen) atoms. The highest BCUT2D eigenvalue weighted by Crippen LogP contribution is 2.44. The van der Waals surface area contributed by atoms with Crippen LogP contribution in [0.4, 0.5) is 19.2 Å². The van der Waals surface area contributed by atoms with Crippen LogP contribution < -0.4 is 16.0 Å². The van der Waals surface area contributed by atoms with E-state index in [1.807, 2.05) is 244 Å². The lowest BCUT2D eigenvalue weighted by atomic mass is 9.85. The van der Waals surface area contributed by atoms with Crippen molar-refractivity contribution in [3.8, 4) is 6.07 Å². The Hall–Kier alpha value is -11.8. The first kappa shape index (κ1) is 102. The van der Waals surface area contributed by atoms with Gasteiger partial charge in [-0.15, -0.1) is 0 Å². The maximum atomic E-state index is 13.1. The van der Waals surface area contributed by atoms with Gasteiger partial charge >= 0.3 is 24.4 Å². The molecule has 3 unspecified atom stereocenters. The fourth-order valence-corrected chi connectivity index (χ4v) is 15.4. The topological polar surface area (TPSA) is 260 Å². The summed E-state index contributed by atoms with van der Waals surface area (Å²) in [5.74, 6) is -0.773. The number of imide groups is 3. The number of hydrogen-bond donors (Lipinski definition) is 3. The fraction of sp³-hybridized carbons (Fsp3) is 0.333. The van der Waals surface area contributed by atoms with Crippen LogP contribution in [0.3, 0.4) is 0 Å². The number of alkyl halides is 2. The Bertz CT molecular complexity index is 5660. The average molecular weight is 1930 g/mol. The molecule has 5 heterocycles. The molecule has 5 aliphatic heterocycles. The van der Waals surface area contributed by atoms with E-state index in [1.165, 1.54) is 32.1 Å². The van der Waals surface area contributed by atoms with Gasteiger partial charge in [0.15, 0.2) is 0 Å². The Kier molecular flexibility index (Phi) is 35.5. The summed E-state index contributed by atoms with van der Waals surface area (Å²) in [5, 5.41) is 18.7. The van der Waals surface area contributed by atoms with Gasteiger partial charge in [-0.2, -0.15) is 5.26 Å². The third kappa shape index (κ3) is 29.1. The number of amides is 9. The molecule has 0 fully saturated rings. The SMILES string of the molecule is BrCc1ccccc1.CC(C)(C)OC(=O)NCCBr.Cc1ccc(Br)c(C#N)c1.Cc1ccc2c(c1)C(C)(Cc1ccccc1)N(C(=O)OC(C)(C)C)C2=O.Cc1ccc2c(c1)C(C)(Cc1ccccc1)NC2=O.Cc1ccc2c(c1)C(Cc1ccccc1)N(C(=O)OC(C)(C)C)C2=O.Cc1ccc2c(c1)CN(C(=O)OC(C)(C)C)C2=O.Cc1ccc2c(c1)CNC2=O. The number of hydrogen-bond acceptors (Lipinski definition) is 14. The van der Waals surface area contributed by atoms with Gasteiger partial charge in [0.25, 0.3) is 29.5 Å². The lowest BCUT2D eigenvalue weighted by molar-refractivity contribution is 0.00624. The largest absolute Gasteiger partial charge is 0.444 e. The number of benzene rings is 10. The Morgan fingerprint density at radius 2 is 0.898 bits per heavy atom. The van der Waals surface area contributed by atoms with Crippen molar-refractivity contribution in [2.75, 3.05) is 11.9 Å². The molecule has 0 saturated carbocycles. The summed E-state index contributed by atoms with van der Waals surface area (Å²) >= 11 is 9.81. The van der Waals surface area contributed by atoms with E-state index in [4.69, 9.17) is 24.2 Å². The van der Waals surface area contributed by atoms with E-state index in [0.29, 0.717) is 54.7 Å². The number of halogens is 3. The highest BCUT2D eigenvalue weighted by molar-refractivity contribution is 9.10. The zero-order valence-electron chi connectivity index (χ0n) is 76.9. The van der Waals surface area contributed by atoms with Crippen LogP contribution >= 0.6 is 47.8 Å². The smallest absolute Gasteiger partial charge is 0.418 e. The van der Waals surface area contributed by atoms with Crippen LogP contribution in [0.1, 0.15) is 244 Å². The average Bonchev–Trinajstić information content (AvgIpc) is 1.60. The number of nitrogens with one attached hydrogen (secondary N) is 3. The van der Waals surface area contributed by atoms with Crippen LogP contribution in [0, 0.1) is 52.9 Å². The summed E-state index contributed by atoms with van der Waals surface area (Å²) < 4.78 is 22.1. The van der Waals surface area contributed by atoms with Gasteiger partial charge in [0, 0.05) is 62.5 Å². The molecule has 0 spiro atoms. The van der Waals surface area contributed by atoms with Gasteiger partial charge in [-0.1, -0.05) is 248 Å². The van der Waals surface area contributed by atoms with Crippen molar-refractivity contribution in [2.45, 2.75) is 216 Å². The first-order valence-electron chi connectivity index (χ1n) is 42.4. The third-order valence-electron chi connectivity index (χ3n) is 20.3. The summed E-state index contributed by atoms with van der Waals surface area (Å²) in [4.78, 5) is 113. The minimum Gasteiger partial charge on any atom is -0.444 e. The number of nitrogens with zero attached hydrogens (tertiary/aromatic N) is 4. The summed E-state index contributed by atoms with van der Waals surface area (Å²) in [6, 6.07) is 76.7. The van der Waals surface area contributed by atoms with Gasteiger partial charge in [-0.05, 0) is 265 Å². The molecule has 3 N–H and O–H groups in total. The van der Waals surface area contributed by atoms with Crippen LogP contribution in [-0.2, 0) is 67.7 Å². The van der Waals surface area contributed by atoms with E-state index in [2.05, 4.69) is 114 Å². The molecule has 0 bridgehead atoms. The first-order chi connectivity index (χ1) is 60.1. The summed E-state index contributed by atoms with van der Waals surface area (Å²) in [5.41, 5.74) is 16.9. The van der Waals surface area contributed by atoms with E-state index >= 15 is 0 Å². The van der Waals surface area contributed by atoms with Crippen molar-refractivity contribution >= 4 is 102 Å². The molecule has 0 aromatic heterocycles. The normalized spacial score (nSPS) is 15.8. The van der Waals surface area contributed by atoms with Crippen LogP contribution in [0.15, 0.2) is 235 Å². The van der Waals surface area contributed by atoms with E-state index in [-0.39, 0.29) is 47.2 Å². The molecule has 3 atom stereocenters. The Labute approximate surface area is 779 Å². The van der Waals surface area contributed by atoms with Crippen LogP contribution in [0.25, 0.3) is 0 Å². The molecule has 10 aromatic carbocycles. The zero-order chi connectivity index (χ0) is 94.4. The standard InChI is InChI=1S/C22H25NO3.C21H23NO3.C17H17NO.C14H17NO3.C9H9NO.C8H6BrN.C7H14BrNO2.C7H7Br/c1-15-11-12-17-18(13-15)22(5,14-16-9-7-6-8-10-16)23(19(17)24)20(25)26-21(2,3)4;1-14-10-11-16-17(12-14)18(13-15-8-6-5-7-9-15)22(19(16)23)20(24)25-21(2,3)4;1-12-8-9-14-15(10-12)17(2,18-16(14)19)11-13-6-4-3-5-7-13;1-9-5-6-11-10(7-9)8-15(12(11)16)13(17)18-14(2,3)4;1-6-2-3-8-7(4-6)5-10-9(8)11;1-6-2-3-8(9)7(4-6)5-10;1-7(2,3)11-6(10)9-5-4-8;8-6-7-4-2-1-3-5-7/h6-13H,14H2,1-5H3;5-12,18H,13H2,1-4H3;3-10H,11H2,1-2H3,(H,18,19);5-7H,8H2,1-4H3;2-4H,5H2,1H3,(H,10,11);2-4H,1H3;4-5H2,1-3H3,(H,9,10);1-5H,6H2. The Balaban J connectivity index is 0.000000186.